The molecule has 6 nitrogen and oxygen atoms in total. The molecule has 1 amide bonds. The molecule has 0 aliphatic heterocycles. The second-order valence-corrected chi connectivity index (χ2v) is 4.63. The van der Waals surface area contributed by atoms with Crippen molar-refractivity contribution in [1.82, 2.24) is 14.9 Å². The monoisotopic (exact) mass is 297 g/mol. The molecule has 1 aromatic heterocycles. The molecule has 114 valence electrons. The number of nitrogens with two attached hydrogens (primary N) is 1. The number of carbonyl (C=O) groups is 1. The van der Waals surface area contributed by atoms with Crippen molar-refractivity contribution in [3.05, 3.63) is 60.8 Å². The molecule has 1 aromatic carbocycles. The van der Waals surface area contributed by atoms with Crippen LogP contribution in [-0.2, 0) is 11.3 Å². The van der Waals surface area contributed by atoms with Gasteiger partial charge in [-0.3, -0.25) is 9.79 Å². The minimum absolute atomic E-state index is 0.229. The lowest BCUT2D eigenvalue weighted by Gasteiger charge is -2.05. The van der Waals surface area contributed by atoms with E-state index in [4.69, 9.17) is 5.73 Å². The normalized spacial score (nSPS) is 11.7. The maximum atomic E-state index is 12.0. The molecule has 0 saturated carbocycles. The Morgan fingerprint density at radius 3 is 2.86 bits per heavy atom. The lowest BCUT2D eigenvalue weighted by Crippen LogP contribution is -2.27. The fourth-order valence-electron chi connectivity index (χ4n) is 1.82. The molecule has 0 saturated heterocycles. The highest BCUT2D eigenvalue weighted by atomic mass is 16.1. The molecule has 22 heavy (non-hydrogen) atoms. The van der Waals surface area contributed by atoms with E-state index in [1.807, 2.05) is 41.1 Å². The zero-order chi connectivity index (χ0) is 15.6. The molecule has 0 aliphatic carbocycles. The van der Waals surface area contributed by atoms with E-state index in [0.717, 1.165) is 18.7 Å². The molecule has 6 heteroatoms. The van der Waals surface area contributed by atoms with Gasteiger partial charge in [0.2, 0.25) is 0 Å². The summed E-state index contributed by atoms with van der Waals surface area (Å²) in [5, 5.41) is 2.82. The number of para-hydroxylation sites is 1. The van der Waals surface area contributed by atoms with E-state index in [1.165, 1.54) is 12.4 Å². The van der Waals surface area contributed by atoms with Crippen molar-refractivity contribution >= 4 is 17.8 Å². The first-order valence-electron chi connectivity index (χ1n) is 7.04. The van der Waals surface area contributed by atoms with Crippen molar-refractivity contribution < 1.29 is 4.79 Å². The van der Waals surface area contributed by atoms with Gasteiger partial charge in [0.15, 0.2) is 0 Å². The second-order valence-electron chi connectivity index (χ2n) is 4.63. The lowest BCUT2D eigenvalue weighted by molar-refractivity contribution is -0.117. The van der Waals surface area contributed by atoms with Gasteiger partial charge in [0.05, 0.1) is 17.6 Å². The van der Waals surface area contributed by atoms with Gasteiger partial charge in [-0.25, -0.2) is 4.98 Å². The first-order valence-corrected chi connectivity index (χ1v) is 7.04. The van der Waals surface area contributed by atoms with Gasteiger partial charge in [-0.1, -0.05) is 18.2 Å². The smallest absolute Gasteiger partial charge is 0.254 e. The predicted octanol–water partition coefficient (Wildman–Crippen LogP) is 1.63. The van der Waals surface area contributed by atoms with Crippen LogP contribution in [0, 0.1) is 0 Å². The molecule has 0 unspecified atom stereocenters. The van der Waals surface area contributed by atoms with Gasteiger partial charge in [-0.05, 0) is 18.6 Å². The third kappa shape index (κ3) is 4.90. The first kappa shape index (κ1) is 15.5. The molecule has 0 spiro atoms. The highest BCUT2D eigenvalue weighted by Gasteiger charge is 2.05. The maximum Gasteiger partial charge on any atom is 0.254 e. The van der Waals surface area contributed by atoms with Gasteiger partial charge >= 0.3 is 0 Å². The second kappa shape index (κ2) is 8.41. The Balaban J connectivity index is 1.78. The van der Waals surface area contributed by atoms with E-state index in [0.29, 0.717) is 12.1 Å². The van der Waals surface area contributed by atoms with Crippen LogP contribution >= 0.6 is 0 Å². The van der Waals surface area contributed by atoms with Gasteiger partial charge in [0, 0.05) is 37.9 Å². The maximum absolute atomic E-state index is 12.0. The summed E-state index contributed by atoms with van der Waals surface area (Å²) in [5.74, 6) is -0.229. The van der Waals surface area contributed by atoms with Crippen molar-refractivity contribution in [2.45, 2.75) is 13.0 Å². The molecule has 0 aliphatic rings. The average molecular weight is 297 g/mol. The Morgan fingerprint density at radius 1 is 1.36 bits per heavy atom. The summed E-state index contributed by atoms with van der Waals surface area (Å²) in [4.78, 5) is 20.2. The van der Waals surface area contributed by atoms with Gasteiger partial charge in [0.1, 0.15) is 0 Å². The van der Waals surface area contributed by atoms with Crippen LogP contribution in [0.25, 0.3) is 0 Å². The number of aliphatic imine (C=N–C) groups is 1. The standard InChI is InChI=1S/C16H19N5O/c17-11-14(12-20-15-5-2-1-3-6-15)16(22)19-7-4-9-21-10-8-18-13-21/h1-3,5-6,8,10-13H,4,7,9,17H2,(H,19,22)/b14-11+,20-12?. The van der Waals surface area contributed by atoms with E-state index >= 15 is 0 Å². The van der Waals surface area contributed by atoms with Crippen molar-refractivity contribution in [3.63, 3.8) is 0 Å². The Morgan fingerprint density at radius 2 is 2.18 bits per heavy atom. The Labute approximate surface area is 129 Å². The van der Waals surface area contributed by atoms with Gasteiger partial charge in [-0.2, -0.15) is 0 Å². The summed E-state index contributed by atoms with van der Waals surface area (Å²) in [6.45, 7) is 1.37. The van der Waals surface area contributed by atoms with Gasteiger partial charge < -0.3 is 15.6 Å². The zero-order valence-corrected chi connectivity index (χ0v) is 12.2. The fraction of sp³-hybridized carbons (Fsp3) is 0.188. The lowest BCUT2D eigenvalue weighted by atomic mass is 10.2. The molecule has 2 rings (SSSR count). The Kier molecular flexibility index (Phi) is 5.92. The summed E-state index contributed by atoms with van der Waals surface area (Å²) in [6.07, 6.45) is 8.92. The molecule has 0 radical (unpaired) electrons. The summed E-state index contributed by atoms with van der Waals surface area (Å²) in [6, 6.07) is 9.39. The first-order chi connectivity index (χ1) is 10.8. The minimum Gasteiger partial charge on any atom is -0.404 e. The number of imidazole rings is 1. The number of aryl methyl sites for hydroxylation is 1. The molecular weight excluding hydrogens is 278 g/mol. The summed E-state index contributed by atoms with van der Waals surface area (Å²) < 4.78 is 1.96. The van der Waals surface area contributed by atoms with Crippen molar-refractivity contribution in [3.8, 4) is 0 Å². The Hall–Kier alpha value is -2.89. The number of rotatable bonds is 7. The summed E-state index contributed by atoms with van der Waals surface area (Å²) in [7, 11) is 0. The number of aromatic nitrogens is 2. The van der Waals surface area contributed by atoms with Crippen LogP contribution in [0.3, 0.4) is 0 Å². The highest BCUT2D eigenvalue weighted by Crippen LogP contribution is 2.09. The highest BCUT2D eigenvalue weighted by molar-refractivity contribution is 6.12. The molecule has 3 N–H and O–H groups in total. The van der Waals surface area contributed by atoms with Crippen LogP contribution in [-0.4, -0.2) is 28.2 Å². The van der Waals surface area contributed by atoms with Crippen molar-refractivity contribution in [2.75, 3.05) is 6.54 Å². The van der Waals surface area contributed by atoms with Crippen LogP contribution in [0.2, 0.25) is 0 Å². The number of hydrogen-bond acceptors (Lipinski definition) is 4. The third-order valence-corrected chi connectivity index (χ3v) is 2.99. The van der Waals surface area contributed by atoms with Crippen LogP contribution < -0.4 is 11.1 Å². The Bertz CT molecular complexity index is 632. The number of nitrogens with zero attached hydrogens (tertiary/aromatic N) is 3. The predicted molar refractivity (Wildman–Crippen MR) is 86.7 cm³/mol. The van der Waals surface area contributed by atoms with Gasteiger partial charge in [0.25, 0.3) is 5.91 Å². The van der Waals surface area contributed by atoms with E-state index in [9.17, 15) is 4.79 Å². The zero-order valence-electron chi connectivity index (χ0n) is 12.2. The van der Waals surface area contributed by atoms with Gasteiger partial charge in [-0.15, -0.1) is 0 Å². The molecule has 0 atom stereocenters. The van der Waals surface area contributed by atoms with Crippen LogP contribution in [0.4, 0.5) is 5.69 Å². The van der Waals surface area contributed by atoms with E-state index in [-0.39, 0.29) is 5.91 Å². The molecular formula is C16H19N5O. The summed E-state index contributed by atoms with van der Waals surface area (Å²) >= 11 is 0. The third-order valence-electron chi connectivity index (χ3n) is 2.99. The van der Waals surface area contributed by atoms with Crippen molar-refractivity contribution in [1.29, 1.82) is 0 Å². The topological polar surface area (TPSA) is 85.3 Å². The number of nitrogens with one attached hydrogen (secondary N) is 1. The van der Waals surface area contributed by atoms with E-state index in [1.54, 1.807) is 12.5 Å². The molecule has 0 bridgehead atoms. The number of carbonyl (C=O) groups excluding carboxylic acids is 1. The SMILES string of the molecule is N/C=C(\C=Nc1ccccc1)C(=O)NCCCn1ccnc1. The van der Waals surface area contributed by atoms with Crippen LogP contribution in [0.5, 0.6) is 0 Å². The average Bonchev–Trinajstić information content (AvgIpc) is 3.06. The molecule has 1 heterocycles. The van der Waals surface area contributed by atoms with E-state index in [2.05, 4.69) is 15.3 Å². The quantitative estimate of drug-likeness (QED) is 0.463. The minimum atomic E-state index is -0.229. The molecule has 2 aromatic rings. The number of amides is 1. The fourth-order valence-corrected chi connectivity index (χ4v) is 1.82. The number of benzene rings is 1. The number of hydrogen-bond donors (Lipinski definition) is 2. The van der Waals surface area contributed by atoms with E-state index < -0.39 is 0 Å². The summed E-state index contributed by atoms with van der Waals surface area (Å²) in [5.41, 5.74) is 6.61. The largest absolute Gasteiger partial charge is 0.404 e. The van der Waals surface area contributed by atoms with Crippen molar-refractivity contribution in [2.24, 2.45) is 10.7 Å². The van der Waals surface area contributed by atoms with Crippen LogP contribution in [0.1, 0.15) is 6.42 Å². The molecule has 0 fully saturated rings. The van der Waals surface area contributed by atoms with Crippen LogP contribution in [0.15, 0.2) is 65.8 Å².